The van der Waals surface area contributed by atoms with E-state index in [1.54, 1.807) is 0 Å². The van der Waals surface area contributed by atoms with Crippen molar-refractivity contribution in [3.8, 4) is 0 Å². The van der Waals surface area contributed by atoms with Crippen LogP contribution >= 0.6 is 24.0 Å². The van der Waals surface area contributed by atoms with Crippen molar-refractivity contribution >= 4 is 29.9 Å². The molecule has 0 amide bonds. The van der Waals surface area contributed by atoms with Crippen LogP contribution in [0.5, 0.6) is 0 Å². The van der Waals surface area contributed by atoms with Gasteiger partial charge < -0.3 is 15.5 Å². The average molecular weight is 473 g/mol. The van der Waals surface area contributed by atoms with Gasteiger partial charge in [-0.1, -0.05) is 31.2 Å². The van der Waals surface area contributed by atoms with Gasteiger partial charge in [0.05, 0.1) is 12.6 Å². The third-order valence-corrected chi connectivity index (χ3v) is 5.03. The Morgan fingerprint density at radius 3 is 2.50 bits per heavy atom. The third-order valence-electron chi connectivity index (χ3n) is 5.03. The summed E-state index contributed by atoms with van der Waals surface area (Å²) < 4.78 is 0. The summed E-state index contributed by atoms with van der Waals surface area (Å²) >= 11 is 0. The minimum Gasteiger partial charge on any atom is -0.357 e. The molecule has 6 heteroatoms. The molecule has 5 nitrogen and oxygen atoms in total. The average Bonchev–Trinajstić information content (AvgIpc) is 2.62. The van der Waals surface area contributed by atoms with Gasteiger partial charge in [-0.25, -0.2) is 0 Å². The van der Waals surface area contributed by atoms with E-state index in [2.05, 4.69) is 79.6 Å². The number of hydrogen-bond donors (Lipinski definition) is 2. The van der Waals surface area contributed by atoms with Crippen LogP contribution in [0.3, 0.4) is 0 Å². The summed E-state index contributed by atoms with van der Waals surface area (Å²) in [5.74, 6) is 0.899. The Morgan fingerprint density at radius 2 is 1.88 bits per heavy atom. The van der Waals surface area contributed by atoms with Crippen molar-refractivity contribution < 1.29 is 0 Å². The van der Waals surface area contributed by atoms with Crippen molar-refractivity contribution in [1.29, 1.82) is 0 Å². The minimum absolute atomic E-state index is 0. The first kappa shape index (κ1) is 23.2. The number of aliphatic imine (C=N–C) groups is 1. The van der Waals surface area contributed by atoms with Crippen LogP contribution in [0.1, 0.15) is 37.9 Å². The van der Waals surface area contributed by atoms with Gasteiger partial charge in [0.1, 0.15) is 0 Å². The van der Waals surface area contributed by atoms with E-state index in [0.29, 0.717) is 6.04 Å². The highest BCUT2D eigenvalue weighted by Gasteiger charge is 2.21. The molecule has 1 aliphatic rings. The Labute approximate surface area is 176 Å². The molecule has 1 aromatic rings. The molecule has 0 bridgehead atoms. The molecule has 1 fully saturated rings. The second-order valence-electron chi connectivity index (χ2n) is 7.08. The second-order valence-corrected chi connectivity index (χ2v) is 7.08. The van der Waals surface area contributed by atoms with Crippen molar-refractivity contribution in [2.45, 2.75) is 39.3 Å². The van der Waals surface area contributed by atoms with E-state index >= 15 is 0 Å². The molecular weight excluding hydrogens is 437 g/mol. The number of nitrogens with one attached hydrogen (secondary N) is 2. The van der Waals surface area contributed by atoms with Crippen LogP contribution in [0.2, 0.25) is 0 Å². The summed E-state index contributed by atoms with van der Waals surface area (Å²) in [7, 11) is 4.39. The zero-order valence-electron chi connectivity index (χ0n) is 17.0. The van der Waals surface area contributed by atoms with E-state index in [1.807, 2.05) is 0 Å². The van der Waals surface area contributed by atoms with Gasteiger partial charge in [0, 0.05) is 32.2 Å². The monoisotopic (exact) mass is 473 g/mol. The maximum absolute atomic E-state index is 4.85. The Bertz CT molecular complexity index is 546. The van der Waals surface area contributed by atoms with Gasteiger partial charge in [0.2, 0.25) is 0 Å². The van der Waals surface area contributed by atoms with Crippen LogP contribution in [0.4, 0.5) is 0 Å². The lowest BCUT2D eigenvalue weighted by atomic mass is 10.1. The summed E-state index contributed by atoms with van der Waals surface area (Å²) in [5, 5.41) is 6.92. The van der Waals surface area contributed by atoms with Gasteiger partial charge in [-0.05, 0) is 45.5 Å². The number of aryl methyl sites for hydroxylation is 1. The minimum atomic E-state index is 0. The Balaban J connectivity index is 0.00000338. The molecule has 2 rings (SSSR count). The van der Waals surface area contributed by atoms with Crippen molar-refractivity contribution in [3.63, 3.8) is 0 Å². The molecule has 0 aliphatic carbocycles. The van der Waals surface area contributed by atoms with Crippen LogP contribution in [-0.4, -0.2) is 68.6 Å². The van der Waals surface area contributed by atoms with E-state index < -0.39 is 0 Å². The topological polar surface area (TPSA) is 42.9 Å². The molecule has 148 valence electrons. The predicted molar refractivity (Wildman–Crippen MR) is 123 cm³/mol. The van der Waals surface area contributed by atoms with Gasteiger partial charge in [0.15, 0.2) is 5.96 Å². The highest BCUT2D eigenvalue weighted by Crippen LogP contribution is 2.14. The second kappa shape index (κ2) is 11.8. The molecule has 2 N–H and O–H groups in total. The first-order valence-corrected chi connectivity index (χ1v) is 9.56. The number of guanidine groups is 1. The number of hydrogen-bond acceptors (Lipinski definition) is 3. The summed E-state index contributed by atoms with van der Waals surface area (Å²) in [4.78, 5) is 9.65. The van der Waals surface area contributed by atoms with Crippen molar-refractivity contribution in [2.24, 2.45) is 4.99 Å². The lowest BCUT2D eigenvalue weighted by Gasteiger charge is -2.37. The van der Waals surface area contributed by atoms with E-state index in [-0.39, 0.29) is 30.0 Å². The maximum Gasteiger partial charge on any atom is 0.191 e. The molecule has 1 aromatic carbocycles. The first-order valence-electron chi connectivity index (χ1n) is 9.56. The number of benzene rings is 1. The Kier molecular flexibility index (Phi) is 10.5. The number of piperazine rings is 1. The van der Waals surface area contributed by atoms with Gasteiger partial charge in [0.25, 0.3) is 0 Å². The van der Waals surface area contributed by atoms with Gasteiger partial charge in [-0.15, -0.1) is 24.0 Å². The molecule has 0 saturated carbocycles. The molecule has 26 heavy (non-hydrogen) atoms. The fraction of sp³-hybridized carbons (Fsp3) is 0.650. The summed E-state index contributed by atoms with van der Waals surface area (Å²) in [5.41, 5.74) is 2.67. The first-order chi connectivity index (χ1) is 12.0. The Hall–Kier alpha value is -0.860. The molecule has 0 spiro atoms. The highest BCUT2D eigenvalue weighted by atomic mass is 127. The normalized spacial score (nSPS) is 20.3. The predicted octanol–water partition coefficient (Wildman–Crippen LogP) is 2.73. The number of halogens is 1. The van der Waals surface area contributed by atoms with Crippen molar-refractivity contribution in [1.82, 2.24) is 20.4 Å². The molecule has 2 unspecified atom stereocenters. The van der Waals surface area contributed by atoms with Gasteiger partial charge >= 0.3 is 0 Å². The largest absolute Gasteiger partial charge is 0.357 e. The molecule has 0 radical (unpaired) electrons. The fourth-order valence-corrected chi connectivity index (χ4v) is 3.15. The number of nitrogens with zero attached hydrogens (tertiary/aromatic N) is 3. The lowest BCUT2D eigenvalue weighted by Crippen LogP contribution is -2.51. The molecular formula is C20H36IN5. The van der Waals surface area contributed by atoms with E-state index in [0.717, 1.165) is 45.1 Å². The van der Waals surface area contributed by atoms with Crippen LogP contribution in [0.15, 0.2) is 29.3 Å². The number of rotatable bonds is 6. The summed E-state index contributed by atoms with van der Waals surface area (Å²) in [6, 6.07) is 9.56. The summed E-state index contributed by atoms with van der Waals surface area (Å²) in [6.45, 7) is 11.5. The molecule has 2 atom stereocenters. The van der Waals surface area contributed by atoms with Crippen LogP contribution in [0.25, 0.3) is 0 Å². The molecule has 0 aromatic heterocycles. The molecule has 1 saturated heterocycles. The maximum atomic E-state index is 4.85. The fourth-order valence-electron chi connectivity index (χ4n) is 3.15. The molecule has 1 heterocycles. The standard InChI is InChI=1S/C20H35N5.HI/c1-6-17-8-10-18(11-9-17)16(3)23-20(21-7-2)22-14-19-15-24(4)12-13-25(19)5;/h8-11,16,19H,6-7,12-15H2,1-5H3,(H2,21,22,23);1H. The van der Waals surface area contributed by atoms with Gasteiger partial charge in [-0.2, -0.15) is 0 Å². The highest BCUT2D eigenvalue weighted by molar-refractivity contribution is 14.0. The van der Waals surface area contributed by atoms with E-state index in [9.17, 15) is 0 Å². The number of likely N-dealkylation sites (N-methyl/N-ethyl adjacent to an activating group) is 2. The zero-order valence-corrected chi connectivity index (χ0v) is 19.3. The van der Waals surface area contributed by atoms with Crippen molar-refractivity contribution in [3.05, 3.63) is 35.4 Å². The SMILES string of the molecule is CCNC(=NCC1CN(C)CCN1C)NC(C)c1ccc(CC)cc1.I. The van der Waals surface area contributed by atoms with Crippen LogP contribution in [-0.2, 0) is 6.42 Å². The van der Waals surface area contributed by atoms with Gasteiger partial charge in [-0.3, -0.25) is 9.89 Å². The van der Waals surface area contributed by atoms with Crippen LogP contribution in [0, 0.1) is 0 Å². The van der Waals surface area contributed by atoms with Crippen molar-refractivity contribution in [2.75, 3.05) is 46.8 Å². The van der Waals surface area contributed by atoms with E-state index in [4.69, 9.17) is 4.99 Å². The Morgan fingerprint density at radius 1 is 1.19 bits per heavy atom. The smallest absolute Gasteiger partial charge is 0.191 e. The summed E-state index contributed by atoms with van der Waals surface area (Å²) in [6.07, 6.45) is 1.08. The zero-order chi connectivity index (χ0) is 18.2. The lowest BCUT2D eigenvalue weighted by molar-refractivity contribution is 0.119. The molecule has 1 aliphatic heterocycles. The third kappa shape index (κ3) is 7.04. The quantitative estimate of drug-likeness (QED) is 0.379. The van der Waals surface area contributed by atoms with Crippen LogP contribution < -0.4 is 10.6 Å². The van der Waals surface area contributed by atoms with E-state index in [1.165, 1.54) is 11.1 Å².